The third-order valence-electron chi connectivity index (χ3n) is 3.04. The Bertz CT molecular complexity index is 505. The zero-order chi connectivity index (χ0) is 13.0. The lowest BCUT2D eigenvalue weighted by Gasteiger charge is -2.14. The van der Waals surface area contributed by atoms with Crippen molar-refractivity contribution in [2.75, 3.05) is 5.88 Å². The molecule has 0 amide bonds. The molecule has 0 bridgehead atoms. The number of thiophene rings is 1. The highest BCUT2D eigenvalue weighted by Crippen LogP contribution is 2.30. The molecule has 1 aromatic carbocycles. The number of aryl methyl sites for hydroxylation is 1. The van der Waals surface area contributed by atoms with E-state index in [1.54, 1.807) is 0 Å². The van der Waals surface area contributed by atoms with E-state index < -0.39 is 0 Å². The van der Waals surface area contributed by atoms with Gasteiger partial charge in [0.25, 0.3) is 0 Å². The molecule has 96 valence electrons. The van der Waals surface area contributed by atoms with Crippen LogP contribution in [-0.4, -0.2) is 5.88 Å². The van der Waals surface area contributed by atoms with E-state index in [1.807, 2.05) is 29.5 Å². The monoisotopic (exact) mass is 298 g/mol. The quantitative estimate of drug-likeness (QED) is 0.637. The molecule has 0 saturated carbocycles. The summed E-state index contributed by atoms with van der Waals surface area (Å²) in [5.74, 6) is 0.895. The van der Waals surface area contributed by atoms with Gasteiger partial charge in [-0.3, -0.25) is 0 Å². The van der Waals surface area contributed by atoms with E-state index in [2.05, 4.69) is 25.1 Å². The summed E-state index contributed by atoms with van der Waals surface area (Å²) < 4.78 is 0. The highest BCUT2D eigenvalue weighted by atomic mass is 35.5. The fraction of sp³-hybridized carbons (Fsp3) is 0.333. The second-order valence-corrected chi connectivity index (χ2v) is 6.27. The van der Waals surface area contributed by atoms with Gasteiger partial charge in [0, 0.05) is 26.6 Å². The first-order valence-electron chi connectivity index (χ1n) is 6.12. The van der Waals surface area contributed by atoms with Crippen molar-refractivity contribution in [3.63, 3.8) is 0 Å². The fourth-order valence-electron chi connectivity index (χ4n) is 2.02. The molecule has 1 heterocycles. The van der Waals surface area contributed by atoms with Crippen LogP contribution in [0, 0.1) is 0 Å². The highest BCUT2D eigenvalue weighted by molar-refractivity contribution is 7.12. The molecule has 0 radical (unpaired) electrons. The maximum Gasteiger partial charge on any atom is 0.0441 e. The second kappa shape index (κ2) is 6.60. The number of hydrogen-bond acceptors (Lipinski definition) is 1. The van der Waals surface area contributed by atoms with Crippen molar-refractivity contribution in [1.29, 1.82) is 0 Å². The summed E-state index contributed by atoms with van der Waals surface area (Å²) >= 11 is 14.2. The summed E-state index contributed by atoms with van der Waals surface area (Å²) in [4.78, 5) is 2.81. The molecule has 0 aliphatic heterocycles. The van der Waals surface area contributed by atoms with Gasteiger partial charge in [-0.25, -0.2) is 0 Å². The molecule has 0 aliphatic carbocycles. The maximum atomic E-state index is 6.24. The molecule has 0 N–H and O–H groups in total. The zero-order valence-corrected chi connectivity index (χ0v) is 12.7. The lowest BCUT2D eigenvalue weighted by molar-refractivity contribution is 0.776. The molecule has 1 aromatic heterocycles. The van der Waals surface area contributed by atoms with Gasteiger partial charge in [0.2, 0.25) is 0 Å². The molecular formula is C15H16Cl2S. The van der Waals surface area contributed by atoms with Crippen LogP contribution in [0.4, 0.5) is 0 Å². The molecule has 0 fully saturated rings. The Morgan fingerprint density at radius 1 is 1.11 bits per heavy atom. The van der Waals surface area contributed by atoms with Crippen LogP contribution in [0.25, 0.3) is 0 Å². The number of halogens is 2. The number of rotatable bonds is 5. The SMILES string of the molecule is CCc1ccc(CC(CCl)c2ccccc2Cl)s1. The molecule has 0 spiro atoms. The van der Waals surface area contributed by atoms with Gasteiger partial charge < -0.3 is 0 Å². The van der Waals surface area contributed by atoms with Crippen molar-refractivity contribution in [3.8, 4) is 0 Å². The van der Waals surface area contributed by atoms with Crippen molar-refractivity contribution >= 4 is 34.5 Å². The number of hydrogen-bond donors (Lipinski definition) is 0. The fourth-order valence-corrected chi connectivity index (χ4v) is 3.62. The first-order chi connectivity index (χ1) is 8.74. The molecule has 2 aromatic rings. The average molecular weight is 299 g/mol. The number of alkyl halides is 1. The highest BCUT2D eigenvalue weighted by Gasteiger charge is 2.15. The van der Waals surface area contributed by atoms with E-state index >= 15 is 0 Å². The normalized spacial score (nSPS) is 12.6. The van der Waals surface area contributed by atoms with Crippen LogP contribution in [0.5, 0.6) is 0 Å². The van der Waals surface area contributed by atoms with Crippen LogP contribution in [0.2, 0.25) is 5.02 Å². The van der Waals surface area contributed by atoms with E-state index in [-0.39, 0.29) is 0 Å². The van der Waals surface area contributed by atoms with Gasteiger partial charge in [-0.2, -0.15) is 0 Å². The molecule has 0 saturated heterocycles. The predicted molar refractivity (Wildman–Crippen MR) is 82.3 cm³/mol. The maximum absolute atomic E-state index is 6.24. The molecule has 1 atom stereocenters. The standard InChI is InChI=1S/C15H16Cl2S/c1-2-12-7-8-13(18-12)9-11(10-16)14-5-3-4-6-15(14)17/h3-8,11H,2,9-10H2,1H3. The van der Waals surface area contributed by atoms with Gasteiger partial charge in [0.1, 0.15) is 0 Å². The first-order valence-corrected chi connectivity index (χ1v) is 7.85. The van der Waals surface area contributed by atoms with Crippen molar-refractivity contribution in [3.05, 3.63) is 56.7 Å². The molecule has 0 aliphatic rings. The smallest absolute Gasteiger partial charge is 0.0441 e. The summed E-state index contributed by atoms with van der Waals surface area (Å²) in [5, 5.41) is 0.815. The third kappa shape index (κ3) is 3.28. The molecular weight excluding hydrogens is 283 g/mol. The van der Waals surface area contributed by atoms with Crippen molar-refractivity contribution in [1.82, 2.24) is 0 Å². The summed E-state index contributed by atoms with van der Waals surface area (Å²) in [7, 11) is 0. The second-order valence-electron chi connectivity index (χ2n) is 4.30. The summed E-state index contributed by atoms with van der Waals surface area (Å²) in [6, 6.07) is 12.4. The Balaban J connectivity index is 2.17. The van der Waals surface area contributed by atoms with Crippen LogP contribution < -0.4 is 0 Å². The zero-order valence-electron chi connectivity index (χ0n) is 10.3. The minimum atomic E-state index is 0.295. The van der Waals surface area contributed by atoms with E-state index in [9.17, 15) is 0 Å². The first kappa shape index (κ1) is 13.9. The van der Waals surface area contributed by atoms with Gasteiger partial charge in [0.15, 0.2) is 0 Å². The summed E-state index contributed by atoms with van der Waals surface area (Å²) in [5.41, 5.74) is 1.15. The van der Waals surface area contributed by atoms with Crippen LogP contribution in [0.3, 0.4) is 0 Å². The van der Waals surface area contributed by atoms with Gasteiger partial charge in [-0.1, -0.05) is 36.7 Å². The number of benzene rings is 1. The van der Waals surface area contributed by atoms with Crippen LogP contribution >= 0.6 is 34.5 Å². The van der Waals surface area contributed by atoms with Gasteiger partial charge in [-0.05, 0) is 36.6 Å². The largest absolute Gasteiger partial charge is 0.145 e. The van der Waals surface area contributed by atoms with Crippen LogP contribution in [0.15, 0.2) is 36.4 Å². The van der Waals surface area contributed by atoms with Crippen molar-refractivity contribution in [2.45, 2.75) is 25.7 Å². The van der Waals surface area contributed by atoms with Crippen LogP contribution in [-0.2, 0) is 12.8 Å². The minimum absolute atomic E-state index is 0.295. The Morgan fingerprint density at radius 3 is 2.44 bits per heavy atom. The van der Waals surface area contributed by atoms with E-state index in [4.69, 9.17) is 23.2 Å². The Hall–Kier alpha value is -0.500. The Morgan fingerprint density at radius 2 is 1.83 bits per heavy atom. The third-order valence-corrected chi connectivity index (χ3v) is 5.01. The van der Waals surface area contributed by atoms with E-state index in [0.717, 1.165) is 23.4 Å². The molecule has 0 nitrogen and oxygen atoms in total. The lowest BCUT2D eigenvalue weighted by Crippen LogP contribution is -2.04. The van der Waals surface area contributed by atoms with Gasteiger partial charge >= 0.3 is 0 Å². The van der Waals surface area contributed by atoms with E-state index in [1.165, 1.54) is 9.75 Å². The summed E-state index contributed by atoms with van der Waals surface area (Å²) in [6.07, 6.45) is 2.07. The van der Waals surface area contributed by atoms with Crippen molar-refractivity contribution in [2.24, 2.45) is 0 Å². The average Bonchev–Trinajstić information content (AvgIpc) is 2.85. The van der Waals surface area contributed by atoms with E-state index in [0.29, 0.717) is 11.8 Å². The van der Waals surface area contributed by atoms with Gasteiger partial charge in [0.05, 0.1) is 0 Å². The Labute approximate surface area is 123 Å². The molecule has 18 heavy (non-hydrogen) atoms. The van der Waals surface area contributed by atoms with Crippen molar-refractivity contribution < 1.29 is 0 Å². The topological polar surface area (TPSA) is 0 Å². The molecule has 1 unspecified atom stereocenters. The molecule has 3 heteroatoms. The minimum Gasteiger partial charge on any atom is -0.145 e. The Kier molecular flexibility index (Phi) is 5.11. The predicted octanol–water partition coefficient (Wildman–Crippen LogP) is 5.53. The van der Waals surface area contributed by atoms with Gasteiger partial charge in [-0.15, -0.1) is 22.9 Å². The molecule has 2 rings (SSSR count). The lowest BCUT2D eigenvalue weighted by atomic mass is 9.97. The summed E-state index contributed by atoms with van der Waals surface area (Å²) in [6.45, 7) is 2.18. The van der Waals surface area contributed by atoms with Crippen LogP contribution in [0.1, 0.15) is 28.2 Å².